The van der Waals surface area contributed by atoms with Crippen molar-refractivity contribution in [2.24, 2.45) is 15.5 Å². The van der Waals surface area contributed by atoms with E-state index in [2.05, 4.69) is 20.4 Å². The average Bonchev–Trinajstić information content (AvgIpc) is 3.02. The summed E-state index contributed by atoms with van der Waals surface area (Å²) in [6, 6.07) is 0. The van der Waals surface area contributed by atoms with Gasteiger partial charge in [0.2, 0.25) is 5.28 Å². The van der Waals surface area contributed by atoms with E-state index in [1.165, 1.54) is 5.01 Å². The molecule has 0 aromatic rings. The molecular formula is C13H24N6O2. The van der Waals surface area contributed by atoms with Gasteiger partial charge in [-0.1, -0.05) is 0 Å². The normalized spacial score (nSPS) is 23.2. The van der Waals surface area contributed by atoms with Gasteiger partial charge in [0, 0.05) is 25.1 Å². The molecule has 0 unspecified atom stereocenters. The first-order valence-corrected chi connectivity index (χ1v) is 7.20. The van der Waals surface area contributed by atoms with Crippen molar-refractivity contribution in [1.82, 2.24) is 9.91 Å². The lowest BCUT2D eigenvalue weighted by atomic mass is 10.1. The first kappa shape index (κ1) is 15.5. The molecule has 1 atom stereocenters. The summed E-state index contributed by atoms with van der Waals surface area (Å²) in [7, 11) is 1.69. The maximum Gasteiger partial charge on any atom is 0.233 e. The molecule has 2 heterocycles. The first-order chi connectivity index (χ1) is 9.77. The lowest BCUT2D eigenvalue weighted by Gasteiger charge is -2.26. The maximum atomic E-state index is 11.8. The molecule has 0 amide bonds. The van der Waals surface area contributed by atoms with Gasteiger partial charge in [-0.25, -0.2) is 0 Å². The van der Waals surface area contributed by atoms with Crippen LogP contribution >= 0.6 is 0 Å². The highest BCUT2D eigenvalue weighted by molar-refractivity contribution is 6.05. The summed E-state index contributed by atoms with van der Waals surface area (Å²) >= 11 is 0. The number of likely N-dealkylation sites (tertiary alicyclic amines) is 1. The second kappa shape index (κ2) is 5.87. The van der Waals surface area contributed by atoms with Gasteiger partial charge in [-0.05, 0) is 27.7 Å². The van der Waals surface area contributed by atoms with Crippen LogP contribution in [0.15, 0.2) is 15.5 Å². The Kier molecular flexibility index (Phi) is 4.34. The molecule has 1 saturated heterocycles. The molecule has 0 aromatic heterocycles. The van der Waals surface area contributed by atoms with E-state index in [1.807, 2.05) is 27.7 Å². The Morgan fingerprint density at radius 1 is 1.43 bits per heavy atom. The van der Waals surface area contributed by atoms with E-state index >= 15 is 0 Å². The Hall–Kier alpha value is -1.86. The van der Waals surface area contributed by atoms with Crippen molar-refractivity contribution in [2.45, 2.75) is 52.2 Å². The number of hydrogen-bond acceptors (Lipinski definition) is 6. The topological polar surface area (TPSA) is 78.9 Å². The minimum Gasteiger partial charge on any atom is -0.569 e. The van der Waals surface area contributed by atoms with Gasteiger partial charge in [0.05, 0.1) is 24.1 Å². The first-order valence-electron chi connectivity index (χ1n) is 7.20. The maximum absolute atomic E-state index is 11.8. The molecule has 0 aliphatic carbocycles. The van der Waals surface area contributed by atoms with Crippen LogP contribution in [-0.2, 0) is 4.84 Å². The fourth-order valence-corrected chi connectivity index (χ4v) is 2.08. The predicted molar refractivity (Wildman–Crippen MR) is 79.8 cm³/mol. The molecule has 1 fully saturated rings. The molecule has 8 heteroatoms. The van der Waals surface area contributed by atoms with Crippen LogP contribution in [-0.4, -0.2) is 58.2 Å². The monoisotopic (exact) mass is 296 g/mol. The third kappa shape index (κ3) is 3.83. The van der Waals surface area contributed by atoms with E-state index in [9.17, 15) is 5.21 Å². The van der Waals surface area contributed by atoms with Crippen LogP contribution in [0.25, 0.3) is 0 Å². The molecule has 0 spiro atoms. The Bertz CT molecular complexity index is 480. The fourth-order valence-electron chi connectivity index (χ4n) is 2.08. The molecule has 0 radical (unpaired) electrons. The molecular weight excluding hydrogens is 272 g/mol. The van der Waals surface area contributed by atoms with Crippen LogP contribution in [0, 0.1) is 5.21 Å². The summed E-state index contributed by atoms with van der Waals surface area (Å²) in [4.78, 5) is 8.01. The SMILES string of the molecule is CC1=NN=C(N2CC[C@@H](O/N=[N+](\[O-])N(C)C(C)(C)C)C2)C1. The van der Waals surface area contributed by atoms with E-state index in [-0.39, 0.29) is 11.6 Å². The van der Waals surface area contributed by atoms with Crippen LogP contribution < -0.4 is 0 Å². The highest BCUT2D eigenvalue weighted by Gasteiger charge is 2.30. The molecule has 21 heavy (non-hydrogen) atoms. The highest BCUT2D eigenvalue weighted by atomic mass is 16.7. The van der Waals surface area contributed by atoms with Gasteiger partial charge >= 0.3 is 0 Å². The predicted octanol–water partition coefficient (Wildman–Crippen LogP) is 1.78. The van der Waals surface area contributed by atoms with Crippen molar-refractivity contribution in [1.29, 1.82) is 0 Å². The minimum absolute atomic E-state index is 0.0848. The molecule has 8 nitrogen and oxygen atoms in total. The molecule has 2 aliphatic heterocycles. The largest absolute Gasteiger partial charge is 0.569 e. The summed E-state index contributed by atoms with van der Waals surface area (Å²) in [5.74, 6) is 0.976. The summed E-state index contributed by atoms with van der Waals surface area (Å²) in [5, 5.41) is 25.2. The zero-order valence-corrected chi connectivity index (χ0v) is 13.4. The number of nitrogens with zero attached hydrogens (tertiary/aromatic N) is 6. The minimum atomic E-state index is -0.302. The molecule has 2 rings (SSSR count). The van der Waals surface area contributed by atoms with Crippen LogP contribution in [0.4, 0.5) is 0 Å². The van der Waals surface area contributed by atoms with Crippen molar-refractivity contribution in [3.05, 3.63) is 5.21 Å². The average molecular weight is 296 g/mol. The molecule has 0 aromatic carbocycles. The van der Waals surface area contributed by atoms with E-state index in [0.29, 0.717) is 11.5 Å². The second-order valence-electron chi connectivity index (χ2n) is 6.52. The standard InChI is InChI=1S/C13H24N6O2/c1-10-8-12(15-14-10)18-7-6-11(9-18)21-16-19(20)17(5)13(2,3)4/h11H,6-9H2,1-5H3/b19-16-/t11-/m1/s1. The zero-order chi connectivity index (χ0) is 15.6. The molecule has 0 N–H and O–H groups in total. The van der Waals surface area contributed by atoms with Gasteiger partial charge in [0.1, 0.15) is 5.84 Å². The third-order valence-corrected chi connectivity index (χ3v) is 3.75. The molecule has 0 saturated carbocycles. The Morgan fingerprint density at radius 3 is 2.71 bits per heavy atom. The van der Waals surface area contributed by atoms with E-state index in [4.69, 9.17) is 4.84 Å². The Balaban J connectivity index is 1.83. The fraction of sp³-hybridized carbons (Fsp3) is 0.846. The van der Waals surface area contributed by atoms with Gasteiger partial charge in [0.25, 0.3) is 0 Å². The number of hydrazine groups is 1. The van der Waals surface area contributed by atoms with Gasteiger partial charge in [-0.3, -0.25) is 0 Å². The van der Waals surface area contributed by atoms with Crippen molar-refractivity contribution >= 4 is 11.5 Å². The van der Waals surface area contributed by atoms with Crippen molar-refractivity contribution in [2.75, 3.05) is 20.1 Å². The number of rotatable bonds is 3. The molecule has 118 valence electrons. The van der Waals surface area contributed by atoms with Crippen LogP contribution in [0.2, 0.25) is 0 Å². The number of hydrogen-bond donors (Lipinski definition) is 0. The molecule has 0 bridgehead atoms. The van der Waals surface area contributed by atoms with Crippen LogP contribution in [0.5, 0.6) is 0 Å². The van der Waals surface area contributed by atoms with Crippen molar-refractivity contribution in [3.8, 4) is 0 Å². The summed E-state index contributed by atoms with van der Waals surface area (Å²) in [5.41, 5.74) is 0.723. The van der Waals surface area contributed by atoms with E-state index in [0.717, 1.165) is 30.9 Å². The lowest BCUT2D eigenvalue weighted by molar-refractivity contribution is -0.720. The summed E-state index contributed by atoms with van der Waals surface area (Å²) in [6.45, 7) is 9.32. The smallest absolute Gasteiger partial charge is 0.233 e. The zero-order valence-electron chi connectivity index (χ0n) is 13.4. The second-order valence-corrected chi connectivity index (χ2v) is 6.52. The van der Waals surface area contributed by atoms with Crippen LogP contribution in [0.1, 0.15) is 40.5 Å². The highest BCUT2D eigenvalue weighted by Crippen LogP contribution is 2.18. The van der Waals surface area contributed by atoms with E-state index in [1.54, 1.807) is 7.05 Å². The lowest BCUT2D eigenvalue weighted by Crippen LogP contribution is -2.42. The number of amidine groups is 1. The van der Waals surface area contributed by atoms with Crippen molar-refractivity contribution < 1.29 is 9.81 Å². The van der Waals surface area contributed by atoms with Gasteiger partial charge < -0.3 is 14.9 Å². The summed E-state index contributed by atoms with van der Waals surface area (Å²) < 4.78 is 0. The van der Waals surface area contributed by atoms with E-state index < -0.39 is 0 Å². The quantitative estimate of drug-likeness (QED) is 0.452. The van der Waals surface area contributed by atoms with Crippen LogP contribution in [0.3, 0.4) is 0 Å². The Morgan fingerprint density at radius 2 is 2.14 bits per heavy atom. The van der Waals surface area contributed by atoms with Gasteiger partial charge in [-0.15, -0.1) is 10.1 Å². The summed E-state index contributed by atoms with van der Waals surface area (Å²) in [6.07, 6.45) is 1.54. The van der Waals surface area contributed by atoms with Gasteiger partial charge in [-0.2, -0.15) is 5.10 Å². The molecule has 2 aliphatic rings. The van der Waals surface area contributed by atoms with Crippen molar-refractivity contribution in [3.63, 3.8) is 0 Å². The Labute approximate surface area is 125 Å². The third-order valence-electron chi connectivity index (χ3n) is 3.75. The van der Waals surface area contributed by atoms with Gasteiger partial charge in [0.15, 0.2) is 6.10 Å².